The maximum absolute atomic E-state index is 14.4. The van der Waals surface area contributed by atoms with Gasteiger partial charge in [0.15, 0.2) is 5.82 Å². The summed E-state index contributed by atoms with van der Waals surface area (Å²) in [5.74, 6) is -1.74. The predicted molar refractivity (Wildman–Crippen MR) is 111 cm³/mol. The number of amides is 1. The van der Waals surface area contributed by atoms with E-state index in [1.165, 1.54) is 16.8 Å². The molecule has 1 aliphatic rings. The number of nitrogens with two attached hydrogens (primary N) is 1. The van der Waals surface area contributed by atoms with Gasteiger partial charge in [0.2, 0.25) is 5.91 Å². The van der Waals surface area contributed by atoms with Gasteiger partial charge in [0.1, 0.15) is 11.5 Å². The lowest BCUT2D eigenvalue weighted by Crippen LogP contribution is -2.40. The number of hydrogen-bond acceptors (Lipinski definition) is 3. The van der Waals surface area contributed by atoms with Crippen LogP contribution in [0.5, 0.6) is 0 Å². The van der Waals surface area contributed by atoms with Gasteiger partial charge in [-0.2, -0.15) is 5.10 Å². The Kier molecular flexibility index (Phi) is 5.63. The molecule has 1 amide bonds. The number of halogens is 2. The summed E-state index contributed by atoms with van der Waals surface area (Å²) in [7, 11) is 0. The number of hydrogen-bond donors (Lipinski definition) is 1. The van der Waals surface area contributed by atoms with E-state index in [-0.39, 0.29) is 17.5 Å². The highest BCUT2D eigenvalue weighted by Crippen LogP contribution is 2.29. The average molecular weight is 410 g/mol. The fourth-order valence-electron chi connectivity index (χ4n) is 4.05. The molecule has 0 radical (unpaired) electrons. The van der Waals surface area contributed by atoms with Crippen molar-refractivity contribution < 1.29 is 13.6 Å². The Morgan fingerprint density at radius 3 is 2.77 bits per heavy atom. The van der Waals surface area contributed by atoms with E-state index in [0.29, 0.717) is 13.1 Å². The molecule has 5 nitrogen and oxygen atoms in total. The van der Waals surface area contributed by atoms with E-state index in [2.05, 4.69) is 10.00 Å². The number of aromatic nitrogens is 2. The topological polar surface area (TPSA) is 64.2 Å². The van der Waals surface area contributed by atoms with E-state index in [1.54, 1.807) is 6.20 Å². The third kappa shape index (κ3) is 4.11. The summed E-state index contributed by atoms with van der Waals surface area (Å²) in [5.41, 5.74) is 9.38. The van der Waals surface area contributed by atoms with Gasteiger partial charge < -0.3 is 5.73 Å². The highest BCUT2D eigenvalue weighted by atomic mass is 19.1. The molecule has 0 aliphatic carbocycles. The van der Waals surface area contributed by atoms with E-state index in [0.717, 1.165) is 47.8 Å². The molecule has 1 aromatic heterocycles. The van der Waals surface area contributed by atoms with Gasteiger partial charge in [-0.15, -0.1) is 0 Å². The zero-order valence-electron chi connectivity index (χ0n) is 16.8. The van der Waals surface area contributed by atoms with Crippen molar-refractivity contribution in [2.24, 2.45) is 11.7 Å². The lowest BCUT2D eigenvalue weighted by Gasteiger charge is -2.31. The monoisotopic (exact) mass is 410 g/mol. The lowest BCUT2D eigenvalue weighted by atomic mass is 9.96. The number of carbonyl (C=O) groups is 1. The van der Waals surface area contributed by atoms with E-state index >= 15 is 0 Å². The first-order valence-corrected chi connectivity index (χ1v) is 10.0. The molecule has 4 rings (SSSR count). The third-order valence-electron chi connectivity index (χ3n) is 5.65. The first-order chi connectivity index (χ1) is 14.4. The van der Waals surface area contributed by atoms with Crippen LogP contribution in [-0.4, -0.2) is 33.7 Å². The summed E-state index contributed by atoms with van der Waals surface area (Å²) in [6.07, 6.45) is 3.48. The summed E-state index contributed by atoms with van der Waals surface area (Å²) >= 11 is 0. The minimum absolute atomic E-state index is 0.162. The van der Waals surface area contributed by atoms with Gasteiger partial charge in [-0.25, -0.2) is 13.5 Å². The second-order valence-electron chi connectivity index (χ2n) is 7.83. The van der Waals surface area contributed by atoms with E-state index in [4.69, 9.17) is 5.73 Å². The Hall–Kier alpha value is -3.06. The van der Waals surface area contributed by atoms with E-state index < -0.39 is 11.6 Å². The molecule has 1 aliphatic heterocycles. The first-order valence-electron chi connectivity index (χ1n) is 10.0. The van der Waals surface area contributed by atoms with Crippen LogP contribution in [0.1, 0.15) is 24.0 Å². The number of carbonyl (C=O) groups excluding carboxylic acids is 1. The van der Waals surface area contributed by atoms with E-state index in [1.807, 2.05) is 31.2 Å². The molecule has 1 saturated heterocycles. The molecule has 0 saturated carbocycles. The first kappa shape index (κ1) is 20.2. The second kappa shape index (κ2) is 8.36. The standard InChI is InChI=1S/C23H24F2N4O/c1-15-5-2-3-7-19(15)22-17(13-28-10-4-6-16(12-28)23(26)30)14-29(27-22)21-9-8-18(24)11-20(21)25/h2-3,5,7-9,11,14,16H,4,6,10,12-13H2,1H3,(H2,26,30)/t16-/m1/s1. The maximum Gasteiger partial charge on any atom is 0.221 e. The molecule has 156 valence electrons. The molecule has 2 heterocycles. The molecule has 7 heteroatoms. The van der Waals surface area contributed by atoms with Crippen LogP contribution in [-0.2, 0) is 11.3 Å². The second-order valence-corrected chi connectivity index (χ2v) is 7.83. The third-order valence-corrected chi connectivity index (χ3v) is 5.65. The normalized spacial score (nSPS) is 17.2. The number of piperidine rings is 1. The Morgan fingerprint density at radius 2 is 2.03 bits per heavy atom. The van der Waals surface area contributed by atoms with Crippen LogP contribution in [0.4, 0.5) is 8.78 Å². The fraction of sp³-hybridized carbons (Fsp3) is 0.304. The molecular weight excluding hydrogens is 386 g/mol. The van der Waals surface area contributed by atoms with Crippen molar-refractivity contribution in [1.29, 1.82) is 0 Å². The number of rotatable bonds is 5. The zero-order chi connectivity index (χ0) is 21.3. The van der Waals surface area contributed by atoms with Crippen molar-refractivity contribution in [2.75, 3.05) is 13.1 Å². The van der Waals surface area contributed by atoms with Gasteiger partial charge in [-0.1, -0.05) is 24.3 Å². The molecule has 0 bridgehead atoms. The average Bonchev–Trinajstić information content (AvgIpc) is 3.11. The minimum Gasteiger partial charge on any atom is -0.369 e. The number of benzene rings is 2. The smallest absolute Gasteiger partial charge is 0.221 e. The summed E-state index contributed by atoms with van der Waals surface area (Å²) in [6, 6.07) is 11.3. The van der Waals surface area contributed by atoms with Gasteiger partial charge in [0.05, 0.1) is 11.6 Å². The molecule has 0 unspecified atom stereocenters. The quantitative estimate of drug-likeness (QED) is 0.695. The lowest BCUT2D eigenvalue weighted by molar-refractivity contribution is -0.123. The summed E-state index contributed by atoms with van der Waals surface area (Å²) < 4.78 is 29.2. The zero-order valence-corrected chi connectivity index (χ0v) is 16.8. The van der Waals surface area contributed by atoms with Gasteiger partial charge in [-0.05, 0) is 44.0 Å². The molecule has 2 aromatic carbocycles. The van der Waals surface area contributed by atoms with Crippen LogP contribution in [0.2, 0.25) is 0 Å². The van der Waals surface area contributed by atoms with Crippen molar-refractivity contribution in [2.45, 2.75) is 26.3 Å². The van der Waals surface area contributed by atoms with Gasteiger partial charge >= 0.3 is 0 Å². The van der Waals surface area contributed by atoms with Crippen LogP contribution in [0.3, 0.4) is 0 Å². The molecule has 2 N–H and O–H groups in total. The highest BCUT2D eigenvalue weighted by molar-refractivity contribution is 5.77. The van der Waals surface area contributed by atoms with Crippen molar-refractivity contribution in [3.05, 3.63) is 71.4 Å². The molecule has 30 heavy (non-hydrogen) atoms. The number of likely N-dealkylation sites (tertiary alicyclic amines) is 1. The van der Waals surface area contributed by atoms with E-state index in [9.17, 15) is 13.6 Å². The summed E-state index contributed by atoms with van der Waals surface area (Å²) in [6.45, 7) is 4.02. The van der Waals surface area contributed by atoms with Crippen molar-refractivity contribution in [3.63, 3.8) is 0 Å². The summed E-state index contributed by atoms with van der Waals surface area (Å²) in [5, 5.41) is 4.66. The minimum atomic E-state index is -0.674. The number of aryl methyl sites for hydroxylation is 1. The van der Waals surface area contributed by atoms with Crippen LogP contribution in [0.15, 0.2) is 48.7 Å². The van der Waals surface area contributed by atoms with Gasteiger partial charge in [0, 0.05) is 36.5 Å². The number of primary amides is 1. The van der Waals surface area contributed by atoms with Crippen molar-refractivity contribution in [3.8, 4) is 16.9 Å². The Bertz CT molecular complexity index is 1080. The SMILES string of the molecule is Cc1ccccc1-c1nn(-c2ccc(F)cc2F)cc1CN1CCC[C@@H](C(N)=O)C1. The highest BCUT2D eigenvalue weighted by Gasteiger charge is 2.26. The van der Waals surface area contributed by atoms with Gasteiger partial charge in [0.25, 0.3) is 0 Å². The molecule has 0 spiro atoms. The molecule has 1 atom stereocenters. The van der Waals surface area contributed by atoms with Crippen LogP contribution >= 0.6 is 0 Å². The maximum atomic E-state index is 14.4. The van der Waals surface area contributed by atoms with Crippen molar-refractivity contribution >= 4 is 5.91 Å². The Morgan fingerprint density at radius 1 is 1.23 bits per heavy atom. The summed E-state index contributed by atoms with van der Waals surface area (Å²) in [4.78, 5) is 13.8. The number of nitrogens with zero attached hydrogens (tertiary/aromatic N) is 3. The Labute approximate surface area is 174 Å². The molecular formula is C23H24F2N4O. The fourth-order valence-corrected chi connectivity index (χ4v) is 4.05. The molecule has 3 aromatic rings. The van der Waals surface area contributed by atoms with Gasteiger partial charge in [-0.3, -0.25) is 9.69 Å². The van der Waals surface area contributed by atoms with Crippen LogP contribution < -0.4 is 5.73 Å². The Balaban J connectivity index is 1.73. The van der Waals surface area contributed by atoms with Crippen LogP contribution in [0, 0.1) is 24.5 Å². The molecule has 1 fully saturated rings. The predicted octanol–water partition coefficient (Wildman–Crippen LogP) is 3.82. The van der Waals surface area contributed by atoms with Crippen molar-refractivity contribution in [1.82, 2.24) is 14.7 Å². The van der Waals surface area contributed by atoms with Crippen LogP contribution in [0.25, 0.3) is 16.9 Å². The largest absolute Gasteiger partial charge is 0.369 e.